The molecule has 1 amide bonds. The summed E-state index contributed by atoms with van der Waals surface area (Å²) in [6.07, 6.45) is -10.2. The molecule has 1 heterocycles. The summed E-state index contributed by atoms with van der Waals surface area (Å²) in [4.78, 5) is 15.1. The van der Waals surface area contributed by atoms with E-state index in [1.165, 1.54) is 24.1 Å². The summed E-state index contributed by atoms with van der Waals surface area (Å²) in [7, 11) is 1.30. The first-order valence-electron chi connectivity index (χ1n) is 8.96. The van der Waals surface area contributed by atoms with Crippen molar-refractivity contribution < 1.29 is 35.5 Å². The first kappa shape index (κ1) is 21.9. The number of alkyl halides is 6. The molecule has 0 unspecified atom stereocenters. The highest BCUT2D eigenvalue weighted by molar-refractivity contribution is 5.95. The molecule has 3 rings (SSSR count). The van der Waals surface area contributed by atoms with Crippen molar-refractivity contribution in [1.82, 2.24) is 0 Å². The van der Waals surface area contributed by atoms with Gasteiger partial charge < -0.3 is 9.80 Å². The Bertz CT molecular complexity index is 932. The second-order valence-corrected chi connectivity index (χ2v) is 6.96. The van der Waals surface area contributed by atoms with Crippen molar-refractivity contribution >= 4 is 17.3 Å². The van der Waals surface area contributed by atoms with Crippen molar-refractivity contribution in [1.29, 1.82) is 0 Å². The Morgan fingerprint density at radius 1 is 1.00 bits per heavy atom. The molecule has 1 aliphatic heterocycles. The van der Waals surface area contributed by atoms with Gasteiger partial charge in [0.05, 0.1) is 17.5 Å². The number of likely N-dealkylation sites (N-methyl/N-ethyl adjacent to an activating group) is 1. The molecule has 30 heavy (non-hydrogen) atoms. The van der Waals surface area contributed by atoms with Crippen molar-refractivity contribution in [3.8, 4) is 0 Å². The highest BCUT2D eigenvalue weighted by atomic mass is 19.4. The number of nitrogens with zero attached hydrogens (tertiary/aromatic N) is 2. The average molecular weight is 434 g/mol. The van der Waals surface area contributed by atoms with Gasteiger partial charge in [0.1, 0.15) is 5.82 Å². The summed E-state index contributed by atoms with van der Waals surface area (Å²) < 4.78 is 93.6. The van der Waals surface area contributed by atoms with E-state index in [0.717, 1.165) is 17.0 Å². The van der Waals surface area contributed by atoms with Crippen molar-refractivity contribution in [3.05, 3.63) is 58.9 Å². The molecule has 2 aromatic carbocycles. The Labute approximate surface area is 167 Å². The van der Waals surface area contributed by atoms with Gasteiger partial charge in [0.25, 0.3) is 0 Å². The summed E-state index contributed by atoms with van der Waals surface area (Å²) in [5.41, 5.74) is -3.41. The summed E-state index contributed by atoms with van der Waals surface area (Å²) in [6, 6.07) is 5.44. The Morgan fingerprint density at radius 2 is 1.60 bits per heavy atom. The fraction of sp³-hybridized carbons (Fsp3) is 0.350. The van der Waals surface area contributed by atoms with Crippen LogP contribution >= 0.6 is 0 Å². The minimum absolute atomic E-state index is 0.0454. The number of carbonyl (C=O) groups excluding carboxylic acids is 1. The van der Waals surface area contributed by atoms with Crippen LogP contribution in [0.5, 0.6) is 0 Å². The maximum absolute atomic E-state index is 13.6. The van der Waals surface area contributed by atoms with E-state index in [1.54, 1.807) is 0 Å². The van der Waals surface area contributed by atoms with Crippen LogP contribution in [0.1, 0.15) is 23.1 Å². The zero-order valence-electron chi connectivity index (χ0n) is 15.7. The van der Waals surface area contributed by atoms with Crippen molar-refractivity contribution in [2.45, 2.75) is 25.2 Å². The van der Waals surface area contributed by atoms with Gasteiger partial charge in [-0.3, -0.25) is 4.79 Å². The lowest BCUT2D eigenvalue weighted by atomic mass is 9.95. The van der Waals surface area contributed by atoms with E-state index in [-0.39, 0.29) is 17.4 Å². The van der Waals surface area contributed by atoms with Gasteiger partial charge in [0.15, 0.2) is 0 Å². The summed E-state index contributed by atoms with van der Waals surface area (Å²) >= 11 is 0. The molecule has 1 aliphatic rings. The molecular formula is C20H17F7N2O. The molecule has 10 heteroatoms. The molecule has 1 saturated heterocycles. The predicted octanol–water partition coefficient (Wildman–Crippen LogP) is 5.28. The maximum atomic E-state index is 13.6. The lowest BCUT2D eigenvalue weighted by Crippen LogP contribution is -2.39. The number of halogens is 7. The molecule has 0 aromatic heterocycles. The lowest BCUT2D eigenvalue weighted by molar-refractivity contribution is -0.143. The third-order valence-corrected chi connectivity index (χ3v) is 4.97. The quantitative estimate of drug-likeness (QED) is 0.612. The van der Waals surface area contributed by atoms with Crippen LogP contribution in [0.25, 0.3) is 0 Å². The second-order valence-electron chi connectivity index (χ2n) is 6.96. The van der Waals surface area contributed by atoms with Crippen LogP contribution < -0.4 is 9.80 Å². The monoisotopic (exact) mass is 434 g/mol. The number of hydrogen-bond donors (Lipinski definition) is 0. The number of rotatable bonds is 4. The number of hydrogen-bond acceptors (Lipinski definition) is 2. The third kappa shape index (κ3) is 4.52. The lowest BCUT2D eigenvalue weighted by Gasteiger charge is -2.36. The molecule has 0 spiro atoms. The number of amides is 1. The minimum Gasteiger partial charge on any atom is -0.371 e. The van der Waals surface area contributed by atoms with E-state index in [4.69, 9.17) is 0 Å². The van der Waals surface area contributed by atoms with Gasteiger partial charge in [0.2, 0.25) is 5.91 Å². The molecular weight excluding hydrogens is 417 g/mol. The number of benzene rings is 2. The topological polar surface area (TPSA) is 23.6 Å². The van der Waals surface area contributed by atoms with Crippen molar-refractivity contribution in [2.24, 2.45) is 0 Å². The van der Waals surface area contributed by atoms with Crippen LogP contribution in [0.3, 0.4) is 0 Å². The van der Waals surface area contributed by atoms with E-state index < -0.39 is 47.2 Å². The highest BCUT2D eigenvalue weighted by Gasteiger charge is 2.41. The van der Waals surface area contributed by atoms with Crippen LogP contribution in [0.2, 0.25) is 0 Å². The molecule has 0 bridgehead atoms. The zero-order valence-corrected chi connectivity index (χ0v) is 15.7. The van der Waals surface area contributed by atoms with Crippen LogP contribution in [0.15, 0.2) is 36.4 Å². The van der Waals surface area contributed by atoms with Gasteiger partial charge in [-0.2, -0.15) is 26.3 Å². The number of carbonyl (C=O) groups is 1. The van der Waals surface area contributed by atoms with E-state index >= 15 is 0 Å². The van der Waals surface area contributed by atoms with Crippen molar-refractivity contribution in [3.63, 3.8) is 0 Å². The average Bonchev–Trinajstić information content (AvgIpc) is 2.59. The van der Waals surface area contributed by atoms with Gasteiger partial charge in [-0.15, -0.1) is 0 Å². The van der Waals surface area contributed by atoms with Crippen molar-refractivity contribution in [2.75, 3.05) is 29.9 Å². The largest absolute Gasteiger partial charge is 0.416 e. The number of anilines is 2. The van der Waals surface area contributed by atoms with Gasteiger partial charge in [-0.1, -0.05) is 0 Å². The Morgan fingerprint density at radius 3 is 2.07 bits per heavy atom. The molecule has 0 atom stereocenters. The molecule has 1 fully saturated rings. The third-order valence-electron chi connectivity index (χ3n) is 4.97. The first-order valence-corrected chi connectivity index (χ1v) is 8.96. The first-order chi connectivity index (χ1) is 13.9. The van der Waals surface area contributed by atoms with Gasteiger partial charge in [0, 0.05) is 31.5 Å². The summed E-state index contributed by atoms with van der Waals surface area (Å²) in [5, 5.41) is 0. The Hall–Kier alpha value is -2.78. The highest BCUT2D eigenvalue weighted by Crippen LogP contribution is 2.43. The predicted molar refractivity (Wildman–Crippen MR) is 96.8 cm³/mol. The Balaban J connectivity index is 2.05. The molecule has 2 aromatic rings. The fourth-order valence-corrected chi connectivity index (χ4v) is 3.18. The minimum atomic E-state index is -5.08. The van der Waals surface area contributed by atoms with Crippen LogP contribution in [0.4, 0.5) is 42.1 Å². The van der Waals surface area contributed by atoms with E-state index in [9.17, 15) is 35.5 Å². The molecule has 162 valence electrons. The van der Waals surface area contributed by atoms with Crippen LogP contribution in [-0.4, -0.2) is 26.0 Å². The van der Waals surface area contributed by atoms with Gasteiger partial charge in [-0.05, 0) is 48.4 Å². The SMILES string of the molecule is CN(C(=O)Cc1c(N2CCC2)cc(C(F)(F)F)cc1C(F)(F)F)c1ccc(F)cc1. The van der Waals surface area contributed by atoms with E-state index in [2.05, 4.69) is 0 Å². The smallest absolute Gasteiger partial charge is 0.371 e. The molecule has 0 N–H and O–H groups in total. The maximum Gasteiger partial charge on any atom is 0.416 e. The Kier molecular flexibility index (Phi) is 5.70. The molecule has 3 nitrogen and oxygen atoms in total. The molecule has 0 saturated carbocycles. The molecule has 0 aliphatic carbocycles. The summed E-state index contributed by atoms with van der Waals surface area (Å²) in [5.74, 6) is -1.32. The zero-order chi connectivity index (χ0) is 22.3. The van der Waals surface area contributed by atoms with Gasteiger partial charge >= 0.3 is 12.4 Å². The molecule has 0 radical (unpaired) electrons. The fourth-order valence-electron chi connectivity index (χ4n) is 3.18. The van der Waals surface area contributed by atoms with Crippen LogP contribution in [0, 0.1) is 5.82 Å². The second kappa shape index (κ2) is 7.81. The van der Waals surface area contributed by atoms with E-state index in [1.807, 2.05) is 0 Å². The van der Waals surface area contributed by atoms with Crippen LogP contribution in [-0.2, 0) is 23.6 Å². The van der Waals surface area contributed by atoms with Gasteiger partial charge in [-0.25, -0.2) is 4.39 Å². The van der Waals surface area contributed by atoms with E-state index in [0.29, 0.717) is 25.6 Å². The summed E-state index contributed by atoms with van der Waals surface area (Å²) in [6.45, 7) is 0.598. The normalized spacial score (nSPS) is 14.5. The standard InChI is InChI=1S/C20H17F7N2O/c1-28(14-5-3-13(21)4-6-14)18(30)11-15-16(20(25,26)27)9-12(19(22,23)24)10-17(15)29-7-2-8-29/h3-6,9-10H,2,7-8,11H2,1H3.